The van der Waals surface area contributed by atoms with Gasteiger partial charge in [-0.2, -0.15) is 0 Å². The second-order valence-electron chi connectivity index (χ2n) is 6.97. The first-order valence-electron chi connectivity index (χ1n) is 9.13. The summed E-state index contributed by atoms with van der Waals surface area (Å²) in [4.78, 5) is 28.3. The smallest absolute Gasteiger partial charge is 0.248 e. The van der Waals surface area contributed by atoms with E-state index in [0.29, 0.717) is 13.1 Å². The molecule has 1 unspecified atom stereocenters. The molecule has 2 heterocycles. The first-order chi connectivity index (χ1) is 11.2. The lowest BCUT2D eigenvalue weighted by Gasteiger charge is -2.41. The van der Waals surface area contributed by atoms with Crippen molar-refractivity contribution in [2.75, 3.05) is 39.3 Å². The van der Waals surface area contributed by atoms with Crippen LogP contribution >= 0.6 is 0 Å². The molecular formula is C17H29N3O3. The third-order valence-corrected chi connectivity index (χ3v) is 5.31. The largest absolute Gasteiger partial charge is 0.368 e. The summed E-state index contributed by atoms with van der Waals surface area (Å²) in [6, 6.07) is 0.178. The summed E-state index contributed by atoms with van der Waals surface area (Å²) in [6.07, 6.45) is 8.14. The van der Waals surface area contributed by atoms with Gasteiger partial charge in [-0.15, -0.1) is 0 Å². The van der Waals surface area contributed by atoms with Crippen molar-refractivity contribution >= 4 is 11.8 Å². The number of nitrogens with one attached hydrogen (secondary N) is 1. The summed E-state index contributed by atoms with van der Waals surface area (Å²) in [5.41, 5.74) is 0. The monoisotopic (exact) mass is 323 g/mol. The molecular weight excluding hydrogens is 294 g/mol. The Balaban J connectivity index is 1.47. The molecule has 130 valence electrons. The van der Waals surface area contributed by atoms with E-state index in [2.05, 4.69) is 5.32 Å². The first-order valence-corrected chi connectivity index (χ1v) is 9.13. The number of rotatable bonds is 4. The van der Waals surface area contributed by atoms with Crippen LogP contribution in [0.25, 0.3) is 0 Å². The molecule has 0 radical (unpaired) electrons. The third-order valence-electron chi connectivity index (χ3n) is 5.31. The molecule has 1 saturated carbocycles. The molecule has 3 fully saturated rings. The van der Waals surface area contributed by atoms with Gasteiger partial charge in [-0.1, -0.05) is 19.3 Å². The van der Waals surface area contributed by atoms with Gasteiger partial charge in [0.2, 0.25) is 11.8 Å². The van der Waals surface area contributed by atoms with E-state index < -0.39 is 0 Å². The molecule has 0 spiro atoms. The van der Waals surface area contributed by atoms with Crippen LogP contribution in [0.4, 0.5) is 0 Å². The van der Waals surface area contributed by atoms with E-state index in [1.165, 1.54) is 19.3 Å². The van der Waals surface area contributed by atoms with E-state index in [1.54, 1.807) is 0 Å². The molecule has 3 aliphatic rings. The number of piperazine rings is 1. The molecule has 1 N–H and O–H groups in total. The maximum Gasteiger partial charge on any atom is 0.248 e. The minimum absolute atomic E-state index is 0.0860. The molecule has 6 nitrogen and oxygen atoms in total. The van der Waals surface area contributed by atoms with Gasteiger partial charge < -0.3 is 19.9 Å². The van der Waals surface area contributed by atoms with Gasteiger partial charge in [0.15, 0.2) is 0 Å². The van der Waals surface area contributed by atoms with Crippen LogP contribution in [0.1, 0.15) is 44.9 Å². The van der Waals surface area contributed by atoms with Crippen LogP contribution in [-0.4, -0.2) is 73.1 Å². The molecule has 2 amide bonds. The van der Waals surface area contributed by atoms with Gasteiger partial charge in [0.05, 0.1) is 12.6 Å². The molecule has 0 aromatic rings. The van der Waals surface area contributed by atoms with Crippen molar-refractivity contribution in [3.63, 3.8) is 0 Å². The fourth-order valence-corrected chi connectivity index (χ4v) is 3.96. The Labute approximate surface area is 138 Å². The highest BCUT2D eigenvalue weighted by Gasteiger charge is 2.31. The number of hydrogen-bond donors (Lipinski definition) is 1. The number of piperidine rings is 1. The highest BCUT2D eigenvalue weighted by atomic mass is 16.5. The standard InChI is InChI=1S/C17H29N3O3/c21-16-11-18-8-10-20(16)14-5-4-9-19(12-14)17(22)13-23-15-6-2-1-3-7-15/h14-15,18H,1-13H2. The van der Waals surface area contributed by atoms with Crippen LogP contribution in [0.5, 0.6) is 0 Å². The Bertz CT molecular complexity index is 423. The van der Waals surface area contributed by atoms with Crippen LogP contribution < -0.4 is 5.32 Å². The van der Waals surface area contributed by atoms with E-state index >= 15 is 0 Å². The van der Waals surface area contributed by atoms with Crippen molar-refractivity contribution in [1.29, 1.82) is 0 Å². The predicted octanol–water partition coefficient (Wildman–Crippen LogP) is 0.759. The van der Waals surface area contributed by atoms with Gasteiger partial charge in [-0.05, 0) is 25.7 Å². The number of carbonyl (C=O) groups is 2. The number of carbonyl (C=O) groups excluding carboxylic acids is 2. The number of nitrogens with zero attached hydrogens (tertiary/aromatic N) is 2. The zero-order valence-electron chi connectivity index (χ0n) is 14.0. The van der Waals surface area contributed by atoms with E-state index in [-0.39, 0.29) is 30.6 Å². The highest BCUT2D eigenvalue weighted by Crippen LogP contribution is 2.21. The molecule has 1 atom stereocenters. The summed E-state index contributed by atoms with van der Waals surface area (Å²) in [6.45, 7) is 3.69. The molecule has 1 aliphatic carbocycles. The van der Waals surface area contributed by atoms with Crippen LogP contribution in [-0.2, 0) is 14.3 Å². The van der Waals surface area contributed by atoms with Crippen molar-refractivity contribution < 1.29 is 14.3 Å². The van der Waals surface area contributed by atoms with Crippen LogP contribution in [0, 0.1) is 0 Å². The van der Waals surface area contributed by atoms with Gasteiger partial charge >= 0.3 is 0 Å². The third kappa shape index (κ3) is 4.44. The molecule has 3 rings (SSSR count). The molecule has 2 saturated heterocycles. The van der Waals surface area contributed by atoms with Crippen LogP contribution in [0.2, 0.25) is 0 Å². The molecule has 0 aromatic heterocycles. The Hall–Kier alpha value is -1.14. The Morgan fingerprint density at radius 2 is 1.96 bits per heavy atom. The van der Waals surface area contributed by atoms with Crippen molar-refractivity contribution in [3.8, 4) is 0 Å². The summed E-state index contributed by atoms with van der Waals surface area (Å²) in [5, 5.41) is 3.10. The lowest BCUT2D eigenvalue weighted by atomic mass is 9.98. The van der Waals surface area contributed by atoms with Gasteiger partial charge in [-0.3, -0.25) is 9.59 Å². The van der Waals surface area contributed by atoms with E-state index in [9.17, 15) is 9.59 Å². The van der Waals surface area contributed by atoms with Gasteiger partial charge in [0.1, 0.15) is 6.61 Å². The maximum atomic E-state index is 12.4. The molecule has 2 aliphatic heterocycles. The van der Waals surface area contributed by atoms with E-state index in [0.717, 1.165) is 45.3 Å². The second-order valence-corrected chi connectivity index (χ2v) is 6.97. The van der Waals surface area contributed by atoms with Crippen molar-refractivity contribution in [3.05, 3.63) is 0 Å². The Kier molecular flexibility index (Phi) is 5.89. The maximum absolute atomic E-state index is 12.4. The lowest BCUT2D eigenvalue weighted by Crippen LogP contribution is -2.57. The lowest BCUT2D eigenvalue weighted by molar-refractivity contribution is -0.144. The molecule has 23 heavy (non-hydrogen) atoms. The normalized spacial score (nSPS) is 27.3. The van der Waals surface area contributed by atoms with Gasteiger partial charge in [-0.25, -0.2) is 0 Å². The van der Waals surface area contributed by atoms with Crippen molar-refractivity contribution in [1.82, 2.24) is 15.1 Å². The van der Waals surface area contributed by atoms with Crippen LogP contribution in [0.3, 0.4) is 0 Å². The number of likely N-dealkylation sites (tertiary alicyclic amines) is 1. The van der Waals surface area contributed by atoms with Gasteiger partial charge in [0, 0.05) is 32.2 Å². The fraction of sp³-hybridized carbons (Fsp3) is 0.882. The molecule has 0 aromatic carbocycles. The first kappa shape index (κ1) is 16.7. The molecule has 6 heteroatoms. The zero-order chi connectivity index (χ0) is 16.1. The quantitative estimate of drug-likeness (QED) is 0.830. The zero-order valence-corrected chi connectivity index (χ0v) is 14.0. The number of ether oxygens (including phenoxy) is 1. The summed E-state index contributed by atoms with van der Waals surface area (Å²) < 4.78 is 5.82. The molecule has 0 bridgehead atoms. The predicted molar refractivity (Wildman–Crippen MR) is 87.0 cm³/mol. The highest BCUT2D eigenvalue weighted by molar-refractivity contribution is 5.80. The van der Waals surface area contributed by atoms with Gasteiger partial charge in [0.25, 0.3) is 0 Å². The SMILES string of the molecule is O=C(COC1CCCCC1)N1CCCC(N2CCNCC2=O)C1. The minimum Gasteiger partial charge on any atom is -0.368 e. The number of hydrogen-bond acceptors (Lipinski definition) is 4. The van der Waals surface area contributed by atoms with E-state index in [4.69, 9.17) is 4.74 Å². The average molecular weight is 323 g/mol. The summed E-state index contributed by atoms with van der Waals surface area (Å²) >= 11 is 0. The fourth-order valence-electron chi connectivity index (χ4n) is 3.96. The number of amides is 2. The van der Waals surface area contributed by atoms with E-state index in [1.807, 2.05) is 9.80 Å². The second kappa shape index (κ2) is 8.11. The Morgan fingerprint density at radius 3 is 2.74 bits per heavy atom. The topological polar surface area (TPSA) is 61.9 Å². The van der Waals surface area contributed by atoms with Crippen molar-refractivity contribution in [2.45, 2.75) is 57.1 Å². The van der Waals surface area contributed by atoms with Crippen molar-refractivity contribution in [2.24, 2.45) is 0 Å². The Morgan fingerprint density at radius 1 is 1.13 bits per heavy atom. The minimum atomic E-state index is 0.0860. The summed E-state index contributed by atoms with van der Waals surface area (Å²) in [7, 11) is 0. The van der Waals surface area contributed by atoms with Crippen LogP contribution in [0.15, 0.2) is 0 Å². The summed E-state index contributed by atoms with van der Waals surface area (Å²) in [5.74, 6) is 0.247. The average Bonchev–Trinajstić information content (AvgIpc) is 2.61.